The molecule has 3 N–H and O–H groups in total. The molecule has 0 spiro atoms. The molecule has 4 rings (SSSR count). The van der Waals surface area contributed by atoms with Gasteiger partial charge in [-0.1, -0.05) is 46.3 Å². The van der Waals surface area contributed by atoms with Gasteiger partial charge in [-0.05, 0) is 50.9 Å². The number of aromatic amines is 1. The molecule has 0 fully saturated rings. The van der Waals surface area contributed by atoms with Crippen molar-refractivity contribution in [2.45, 2.75) is 6.92 Å². The maximum absolute atomic E-state index is 13.1. The Morgan fingerprint density at radius 1 is 1.16 bits per heavy atom. The van der Waals surface area contributed by atoms with Crippen molar-refractivity contribution in [2.75, 3.05) is 32.5 Å². The van der Waals surface area contributed by atoms with E-state index in [1.807, 2.05) is 80.5 Å². The second-order valence-electron chi connectivity index (χ2n) is 8.04. The number of rotatable bonds is 6. The Bertz CT molecular complexity index is 1210. The maximum Gasteiger partial charge on any atom is 0.256 e. The molecule has 6 nitrogen and oxygen atoms in total. The summed E-state index contributed by atoms with van der Waals surface area (Å²) < 4.78 is 0.894. The van der Waals surface area contributed by atoms with E-state index < -0.39 is 0 Å². The number of H-pyrrole nitrogens is 1. The third-order valence-electron chi connectivity index (χ3n) is 5.40. The zero-order valence-electron chi connectivity index (χ0n) is 18.3. The van der Waals surface area contributed by atoms with Gasteiger partial charge >= 0.3 is 0 Å². The van der Waals surface area contributed by atoms with Crippen LogP contribution in [0, 0.1) is 6.92 Å². The highest BCUT2D eigenvalue weighted by molar-refractivity contribution is 9.10. The van der Waals surface area contributed by atoms with E-state index in [-0.39, 0.29) is 11.8 Å². The number of nitrogens with one attached hydrogen (secondary N) is 3. The number of nitrogens with zero attached hydrogens (tertiary/aromatic N) is 1. The lowest BCUT2D eigenvalue weighted by Gasteiger charge is -2.12. The average Bonchev–Trinajstić information content (AvgIpc) is 3.24. The zero-order valence-corrected chi connectivity index (χ0v) is 19.8. The molecule has 1 aliphatic rings. The first-order chi connectivity index (χ1) is 15.3. The van der Waals surface area contributed by atoms with Crippen molar-refractivity contribution in [1.82, 2.24) is 15.2 Å². The minimum atomic E-state index is -0.165. The fourth-order valence-electron chi connectivity index (χ4n) is 3.88. The molecule has 0 radical (unpaired) electrons. The number of amides is 2. The molecule has 0 saturated carbocycles. The smallest absolute Gasteiger partial charge is 0.256 e. The van der Waals surface area contributed by atoms with Crippen molar-refractivity contribution < 1.29 is 9.59 Å². The molecule has 2 heterocycles. The Balaban J connectivity index is 1.82. The molecule has 1 aliphatic heterocycles. The van der Waals surface area contributed by atoms with Crippen LogP contribution in [-0.2, 0) is 4.79 Å². The van der Waals surface area contributed by atoms with Crippen molar-refractivity contribution >= 4 is 45.1 Å². The van der Waals surface area contributed by atoms with E-state index in [0.29, 0.717) is 17.7 Å². The second kappa shape index (κ2) is 9.14. The highest BCUT2D eigenvalue weighted by atomic mass is 79.9. The number of anilines is 1. The summed E-state index contributed by atoms with van der Waals surface area (Å²) in [5.74, 6) is -0.301. The molecule has 1 aromatic heterocycles. The van der Waals surface area contributed by atoms with E-state index >= 15 is 0 Å². The molecular weight excluding hydrogens is 468 g/mol. The molecule has 7 heteroatoms. The molecule has 0 aliphatic carbocycles. The molecule has 0 unspecified atom stereocenters. The minimum absolute atomic E-state index is 0.136. The molecule has 32 heavy (non-hydrogen) atoms. The van der Waals surface area contributed by atoms with Crippen LogP contribution in [0.3, 0.4) is 0 Å². The third-order valence-corrected chi connectivity index (χ3v) is 5.90. The van der Waals surface area contributed by atoms with Crippen LogP contribution in [0.15, 0.2) is 53.0 Å². The number of carbonyl (C=O) groups is 2. The van der Waals surface area contributed by atoms with Crippen molar-refractivity contribution in [2.24, 2.45) is 0 Å². The summed E-state index contributed by atoms with van der Waals surface area (Å²) in [6.45, 7) is 3.18. The number of hydrogen-bond acceptors (Lipinski definition) is 3. The highest BCUT2D eigenvalue weighted by Crippen LogP contribution is 2.38. The molecular formula is C25H25BrN4O2. The van der Waals surface area contributed by atoms with Crippen molar-refractivity contribution in [3.8, 4) is 11.1 Å². The Hall–Kier alpha value is -3.16. The highest BCUT2D eigenvalue weighted by Gasteiger charge is 2.27. The van der Waals surface area contributed by atoms with Crippen molar-refractivity contribution in [3.05, 3.63) is 75.5 Å². The number of fused-ring (bicyclic) bond motifs is 1. The molecule has 164 valence electrons. The summed E-state index contributed by atoms with van der Waals surface area (Å²) in [6, 6.07) is 15.5. The van der Waals surface area contributed by atoms with Crippen LogP contribution in [0.5, 0.6) is 0 Å². The third kappa shape index (κ3) is 4.40. The van der Waals surface area contributed by atoms with Crippen molar-refractivity contribution in [1.29, 1.82) is 0 Å². The largest absolute Gasteiger partial charge is 0.358 e. The van der Waals surface area contributed by atoms with E-state index in [9.17, 15) is 9.59 Å². The molecule has 0 bridgehead atoms. The molecule has 0 saturated heterocycles. The van der Waals surface area contributed by atoms with Gasteiger partial charge in [0.05, 0.1) is 11.1 Å². The average molecular weight is 493 g/mol. The van der Waals surface area contributed by atoms with E-state index in [4.69, 9.17) is 0 Å². The Morgan fingerprint density at radius 2 is 1.91 bits per heavy atom. The number of aryl methyl sites for hydroxylation is 1. The summed E-state index contributed by atoms with van der Waals surface area (Å²) in [6.07, 6.45) is 1.83. The normalized spacial score (nSPS) is 14.0. The summed E-state index contributed by atoms with van der Waals surface area (Å²) in [4.78, 5) is 31.2. The van der Waals surface area contributed by atoms with Gasteiger partial charge in [0.15, 0.2) is 0 Å². The van der Waals surface area contributed by atoms with Gasteiger partial charge in [-0.3, -0.25) is 9.59 Å². The number of likely N-dealkylation sites (N-methyl/N-ethyl adjacent to an activating group) is 1. The lowest BCUT2D eigenvalue weighted by molar-refractivity contribution is -0.110. The molecule has 0 atom stereocenters. The van der Waals surface area contributed by atoms with E-state index in [0.717, 1.165) is 44.8 Å². The fourth-order valence-corrected chi connectivity index (χ4v) is 4.24. The molecule has 2 aromatic carbocycles. The first-order valence-electron chi connectivity index (χ1n) is 10.4. The van der Waals surface area contributed by atoms with Crippen LogP contribution in [-0.4, -0.2) is 48.9 Å². The number of halogens is 1. The fraction of sp³-hybridized carbons (Fsp3) is 0.200. The Labute approximate surface area is 195 Å². The van der Waals surface area contributed by atoms with Crippen LogP contribution in [0.25, 0.3) is 22.8 Å². The summed E-state index contributed by atoms with van der Waals surface area (Å²) in [5.41, 5.74) is 5.93. The molecule has 3 aromatic rings. The van der Waals surface area contributed by atoms with Gasteiger partial charge in [0.1, 0.15) is 0 Å². The predicted octanol–water partition coefficient (Wildman–Crippen LogP) is 4.54. The lowest BCUT2D eigenvalue weighted by Crippen LogP contribution is -2.31. The lowest BCUT2D eigenvalue weighted by atomic mass is 9.97. The quantitative estimate of drug-likeness (QED) is 0.442. The van der Waals surface area contributed by atoms with E-state index in [2.05, 4.69) is 31.5 Å². The summed E-state index contributed by atoms with van der Waals surface area (Å²) in [5, 5.41) is 5.92. The Kier molecular flexibility index (Phi) is 6.30. The van der Waals surface area contributed by atoms with Crippen LogP contribution < -0.4 is 10.6 Å². The van der Waals surface area contributed by atoms with Gasteiger partial charge in [-0.25, -0.2) is 0 Å². The van der Waals surface area contributed by atoms with E-state index in [1.54, 1.807) is 0 Å². The topological polar surface area (TPSA) is 77.2 Å². The van der Waals surface area contributed by atoms with Gasteiger partial charge in [0.2, 0.25) is 0 Å². The van der Waals surface area contributed by atoms with Gasteiger partial charge in [-0.2, -0.15) is 0 Å². The first-order valence-corrected chi connectivity index (χ1v) is 11.2. The number of aromatic nitrogens is 1. The van der Waals surface area contributed by atoms with Crippen molar-refractivity contribution in [3.63, 3.8) is 0 Å². The standard InChI is InChI=1S/C25H25BrN4O2/c1-15-22(25(32)27-11-12-30(2)3)23(16-7-5-4-6-8-16)21(28-15)14-19-18-13-17(26)9-10-20(18)29-24(19)31/h4-10,13-14,28H,11-12H2,1-3H3,(H,27,32)(H,29,31). The van der Waals surface area contributed by atoms with Crippen LogP contribution >= 0.6 is 15.9 Å². The second-order valence-corrected chi connectivity index (χ2v) is 8.96. The van der Waals surface area contributed by atoms with Gasteiger partial charge in [0.25, 0.3) is 11.8 Å². The van der Waals surface area contributed by atoms with Gasteiger partial charge in [0, 0.05) is 45.8 Å². The van der Waals surface area contributed by atoms with Gasteiger partial charge in [-0.15, -0.1) is 0 Å². The minimum Gasteiger partial charge on any atom is -0.358 e. The first kappa shape index (κ1) is 22.0. The SMILES string of the molecule is Cc1[nH]c(C=C2C(=O)Nc3ccc(Br)cc32)c(-c2ccccc2)c1C(=O)NCCN(C)C. The predicted molar refractivity (Wildman–Crippen MR) is 132 cm³/mol. The zero-order chi connectivity index (χ0) is 22.8. The van der Waals surface area contributed by atoms with E-state index in [1.165, 1.54) is 0 Å². The number of hydrogen-bond donors (Lipinski definition) is 3. The Morgan fingerprint density at radius 3 is 2.62 bits per heavy atom. The summed E-state index contributed by atoms with van der Waals surface area (Å²) in [7, 11) is 3.94. The molecule has 2 amide bonds. The van der Waals surface area contributed by atoms with Gasteiger partial charge < -0.3 is 20.5 Å². The number of benzene rings is 2. The van der Waals surface area contributed by atoms with Crippen LogP contribution in [0.2, 0.25) is 0 Å². The monoisotopic (exact) mass is 492 g/mol. The maximum atomic E-state index is 13.1. The van der Waals surface area contributed by atoms with Crippen LogP contribution in [0.4, 0.5) is 5.69 Å². The van der Waals surface area contributed by atoms with Crippen LogP contribution in [0.1, 0.15) is 27.3 Å². The number of carbonyl (C=O) groups excluding carboxylic acids is 2. The summed E-state index contributed by atoms with van der Waals surface area (Å²) >= 11 is 3.49.